The number of amides is 1. The highest BCUT2D eigenvalue weighted by Crippen LogP contribution is 2.29. The summed E-state index contributed by atoms with van der Waals surface area (Å²) in [7, 11) is 0. The second-order valence-corrected chi connectivity index (χ2v) is 5.50. The summed E-state index contributed by atoms with van der Waals surface area (Å²) in [6.07, 6.45) is 4.15. The van der Waals surface area contributed by atoms with Gasteiger partial charge in [0.15, 0.2) is 11.5 Å². The van der Waals surface area contributed by atoms with Crippen molar-refractivity contribution < 1.29 is 9.21 Å². The molecule has 1 saturated heterocycles. The molecule has 0 bridgehead atoms. The van der Waals surface area contributed by atoms with Gasteiger partial charge in [-0.05, 0) is 30.7 Å². The van der Waals surface area contributed by atoms with Crippen molar-refractivity contribution in [3.05, 3.63) is 60.2 Å². The van der Waals surface area contributed by atoms with Crippen molar-refractivity contribution in [2.24, 2.45) is 0 Å². The maximum atomic E-state index is 12.4. The molecule has 5 heteroatoms. The average Bonchev–Trinajstić information content (AvgIpc) is 3.21. The van der Waals surface area contributed by atoms with Crippen molar-refractivity contribution >= 4 is 17.0 Å². The lowest BCUT2D eigenvalue weighted by atomic mass is 10.1. The predicted octanol–water partition coefficient (Wildman–Crippen LogP) is 2.85. The first-order valence-corrected chi connectivity index (χ1v) is 7.36. The average molecular weight is 293 g/mol. The number of aromatic nitrogens is 2. The van der Waals surface area contributed by atoms with E-state index in [0.717, 1.165) is 30.0 Å². The monoisotopic (exact) mass is 293 g/mol. The first kappa shape index (κ1) is 13.0. The summed E-state index contributed by atoms with van der Waals surface area (Å²) >= 11 is 0. The van der Waals surface area contributed by atoms with Crippen LogP contribution in [-0.2, 0) is 0 Å². The number of hydrogen-bond donors (Lipinski definition) is 0. The molecule has 3 aromatic rings. The molecule has 5 nitrogen and oxygen atoms in total. The maximum Gasteiger partial charge on any atom is 0.255 e. The van der Waals surface area contributed by atoms with E-state index in [-0.39, 0.29) is 11.8 Å². The topological polar surface area (TPSA) is 59.2 Å². The molecule has 0 aliphatic carbocycles. The quantitative estimate of drug-likeness (QED) is 0.729. The Kier molecular flexibility index (Phi) is 3.11. The molecule has 0 radical (unpaired) electrons. The minimum Gasteiger partial charge on any atom is -0.440 e. The van der Waals surface area contributed by atoms with E-state index in [0.29, 0.717) is 12.1 Å². The van der Waals surface area contributed by atoms with Gasteiger partial charge in [-0.1, -0.05) is 12.1 Å². The SMILES string of the molecule is O=C(c1cccnc1)N1CCC(c2nc3ccccc3o2)C1. The van der Waals surface area contributed by atoms with Crippen LogP contribution in [0.4, 0.5) is 0 Å². The third-order valence-electron chi connectivity index (χ3n) is 4.04. The summed E-state index contributed by atoms with van der Waals surface area (Å²) in [6, 6.07) is 11.3. The van der Waals surface area contributed by atoms with Crippen LogP contribution in [0.3, 0.4) is 0 Å². The lowest BCUT2D eigenvalue weighted by Gasteiger charge is -2.15. The number of para-hydroxylation sites is 2. The fraction of sp³-hybridized carbons (Fsp3) is 0.235. The number of nitrogens with zero attached hydrogens (tertiary/aromatic N) is 3. The Morgan fingerprint density at radius 2 is 2.14 bits per heavy atom. The molecule has 1 fully saturated rings. The van der Waals surface area contributed by atoms with Gasteiger partial charge in [-0.25, -0.2) is 4.98 Å². The minimum atomic E-state index is 0.0201. The van der Waals surface area contributed by atoms with E-state index in [1.807, 2.05) is 29.2 Å². The van der Waals surface area contributed by atoms with Crippen LogP contribution in [-0.4, -0.2) is 33.9 Å². The second-order valence-electron chi connectivity index (χ2n) is 5.50. The third kappa shape index (κ3) is 2.24. The lowest BCUT2D eigenvalue weighted by molar-refractivity contribution is 0.0789. The van der Waals surface area contributed by atoms with Gasteiger partial charge in [0.05, 0.1) is 11.5 Å². The van der Waals surface area contributed by atoms with Gasteiger partial charge in [0.2, 0.25) is 0 Å². The molecule has 4 rings (SSSR count). The number of benzene rings is 1. The van der Waals surface area contributed by atoms with Gasteiger partial charge in [0, 0.05) is 25.5 Å². The summed E-state index contributed by atoms with van der Waals surface area (Å²) in [5, 5.41) is 0. The van der Waals surface area contributed by atoms with Crippen LogP contribution in [0.1, 0.15) is 28.6 Å². The normalized spacial score (nSPS) is 18.0. The lowest BCUT2D eigenvalue weighted by Crippen LogP contribution is -2.28. The molecule has 1 unspecified atom stereocenters. The van der Waals surface area contributed by atoms with Crippen molar-refractivity contribution in [3.63, 3.8) is 0 Å². The van der Waals surface area contributed by atoms with E-state index in [1.165, 1.54) is 0 Å². The van der Waals surface area contributed by atoms with E-state index >= 15 is 0 Å². The Morgan fingerprint density at radius 3 is 2.95 bits per heavy atom. The zero-order valence-electron chi connectivity index (χ0n) is 12.0. The molecule has 1 aliphatic heterocycles. The maximum absolute atomic E-state index is 12.4. The van der Waals surface area contributed by atoms with Crippen LogP contribution in [0.2, 0.25) is 0 Å². The first-order chi connectivity index (χ1) is 10.8. The van der Waals surface area contributed by atoms with Crippen LogP contribution in [0.5, 0.6) is 0 Å². The van der Waals surface area contributed by atoms with Gasteiger partial charge in [-0.3, -0.25) is 9.78 Å². The van der Waals surface area contributed by atoms with Crippen molar-refractivity contribution in [2.45, 2.75) is 12.3 Å². The Balaban J connectivity index is 1.53. The summed E-state index contributed by atoms with van der Waals surface area (Å²) in [5.41, 5.74) is 2.30. The number of pyridine rings is 1. The molecule has 1 amide bonds. The van der Waals surface area contributed by atoms with Crippen LogP contribution in [0, 0.1) is 0 Å². The minimum absolute atomic E-state index is 0.0201. The largest absolute Gasteiger partial charge is 0.440 e. The van der Waals surface area contributed by atoms with E-state index in [9.17, 15) is 4.79 Å². The number of carbonyl (C=O) groups excluding carboxylic acids is 1. The molecule has 3 heterocycles. The highest BCUT2D eigenvalue weighted by molar-refractivity contribution is 5.94. The van der Waals surface area contributed by atoms with Crippen LogP contribution in [0.25, 0.3) is 11.1 Å². The zero-order chi connectivity index (χ0) is 14.9. The van der Waals surface area contributed by atoms with E-state index in [2.05, 4.69) is 9.97 Å². The van der Waals surface area contributed by atoms with Gasteiger partial charge in [0.1, 0.15) is 5.52 Å². The van der Waals surface area contributed by atoms with Gasteiger partial charge in [-0.15, -0.1) is 0 Å². The molecule has 1 atom stereocenters. The highest BCUT2D eigenvalue weighted by Gasteiger charge is 2.31. The molecule has 1 aliphatic rings. The van der Waals surface area contributed by atoms with Crippen LogP contribution in [0.15, 0.2) is 53.2 Å². The molecule has 0 spiro atoms. The van der Waals surface area contributed by atoms with E-state index in [1.54, 1.807) is 24.5 Å². The van der Waals surface area contributed by atoms with Crippen molar-refractivity contribution in [1.29, 1.82) is 0 Å². The van der Waals surface area contributed by atoms with Crippen molar-refractivity contribution in [2.75, 3.05) is 13.1 Å². The number of hydrogen-bond acceptors (Lipinski definition) is 4. The molecule has 110 valence electrons. The predicted molar refractivity (Wildman–Crippen MR) is 81.5 cm³/mol. The van der Waals surface area contributed by atoms with Gasteiger partial charge >= 0.3 is 0 Å². The van der Waals surface area contributed by atoms with E-state index in [4.69, 9.17) is 4.42 Å². The standard InChI is InChI=1S/C17H15N3O2/c21-17(12-4-3-8-18-10-12)20-9-7-13(11-20)16-19-14-5-1-2-6-15(14)22-16/h1-6,8,10,13H,7,9,11H2. The van der Waals surface area contributed by atoms with Crippen LogP contribution < -0.4 is 0 Å². The number of likely N-dealkylation sites (tertiary alicyclic amines) is 1. The number of rotatable bonds is 2. The van der Waals surface area contributed by atoms with Crippen molar-refractivity contribution in [1.82, 2.24) is 14.9 Å². The fourth-order valence-electron chi connectivity index (χ4n) is 2.88. The Bertz CT molecular complexity index is 780. The van der Waals surface area contributed by atoms with E-state index < -0.39 is 0 Å². The second kappa shape index (κ2) is 5.26. The smallest absolute Gasteiger partial charge is 0.255 e. The molecule has 2 aromatic heterocycles. The Morgan fingerprint density at radius 1 is 1.23 bits per heavy atom. The van der Waals surface area contributed by atoms with Gasteiger partial charge in [0.25, 0.3) is 5.91 Å². The molecule has 0 N–H and O–H groups in total. The molecule has 0 saturated carbocycles. The summed E-state index contributed by atoms with van der Waals surface area (Å²) in [4.78, 5) is 22.8. The fourth-order valence-corrected chi connectivity index (χ4v) is 2.88. The number of fused-ring (bicyclic) bond motifs is 1. The highest BCUT2D eigenvalue weighted by atomic mass is 16.3. The summed E-state index contributed by atoms with van der Waals surface area (Å²) < 4.78 is 5.82. The van der Waals surface area contributed by atoms with Crippen molar-refractivity contribution in [3.8, 4) is 0 Å². The third-order valence-corrected chi connectivity index (χ3v) is 4.04. The molecule has 1 aromatic carbocycles. The molecular formula is C17H15N3O2. The van der Waals surface area contributed by atoms with Gasteiger partial charge in [-0.2, -0.15) is 0 Å². The summed E-state index contributed by atoms with van der Waals surface area (Å²) in [6.45, 7) is 1.36. The Labute approximate surface area is 127 Å². The number of carbonyl (C=O) groups is 1. The van der Waals surface area contributed by atoms with Gasteiger partial charge < -0.3 is 9.32 Å². The molecular weight excluding hydrogens is 278 g/mol. The first-order valence-electron chi connectivity index (χ1n) is 7.36. The zero-order valence-corrected chi connectivity index (χ0v) is 12.0. The number of oxazole rings is 1. The van der Waals surface area contributed by atoms with Crippen LogP contribution >= 0.6 is 0 Å². The summed E-state index contributed by atoms with van der Waals surface area (Å²) in [5.74, 6) is 0.905. The molecule has 22 heavy (non-hydrogen) atoms. The Hall–Kier alpha value is -2.69.